The molecule has 134 valence electrons. The quantitative estimate of drug-likeness (QED) is 0.840. The highest BCUT2D eigenvalue weighted by atomic mass is 19.4. The minimum absolute atomic E-state index is 0.0442. The van der Waals surface area contributed by atoms with Crippen molar-refractivity contribution in [1.29, 1.82) is 0 Å². The number of likely N-dealkylation sites (tertiary alicyclic amines) is 1. The van der Waals surface area contributed by atoms with E-state index in [1.54, 1.807) is 0 Å². The average Bonchev–Trinajstić information content (AvgIpc) is 2.59. The van der Waals surface area contributed by atoms with Gasteiger partial charge in [0.1, 0.15) is 0 Å². The van der Waals surface area contributed by atoms with Crippen molar-refractivity contribution in [2.24, 2.45) is 5.92 Å². The predicted octanol–water partition coefficient (Wildman–Crippen LogP) is 3.13. The Morgan fingerprint density at radius 2 is 1.71 bits per heavy atom. The van der Waals surface area contributed by atoms with Crippen LogP contribution in [0.3, 0.4) is 0 Å². The van der Waals surface area contributed by atoms with Crippen molar-refractivity contribution in [2.45, 2.75) is 19.0 Å². The van der Waals surface area contributed by atoms with E-state index in [4.69, 9.17) is 14.2 Å². The molecule has 1 aliphatic rings. The summed E-state index contributed by atoms with van der Waals surface area (Å²) in [5.41, 5.74) is 0.201. The second-order valence-corrected chi connectivity index (χ2v) is 5.55. The Bertz CT molecular complexity index is 578. The topological polar surface area (TPSA) is 48.0 Å². The number of rotatable bonds is 4. The van der Waals surface area contributed by atoms with Gasteiger partial charge in [-0.3, -0.25) is 4.79 Å². The first-order valence-corrected chi connectivity index (χ1v) is 7.47. The van der Waals surface area contributed by atoms with Gasteiger partial charge in [-0.25, -0.2) is 0 Å². The molecule has 1 aromatic rings. The van der Waals surface area contributed by atoms with Crippen LogP contribution in [-0.2, 0) is 0 Å². The van der Waals surface area contributed by atoms with Crippen LogP contribution in [0.2, 0.25) is 0 Å². The first-order valence-electron chi connectivity index (χ1n) is 7.47. The van der Waals surface area contributed by atoms with Crippen molar-refractivity contribution in [2.75, 3.05) is 34.4 Å². The molecule has 1 aliphatic heterocycles. The van der Waals surface area contributed by atoms with Crippen LogP contribution in [0.25, 0.3) is 0 Å². The van der Waals surface area contributed by atoms with Crippen LogP contribution < -0.4 is 14.2 Å². The smallest absolute Gasteiger partial charge is 0.393 e. The number of ether oxygens (including phenoxy) is 3. The zero-order valence-electron chi connectivity index (χ0n) is 13.8. The lowest BCUT2D eigenvalue weighted by atomic mass is 9.97. The summed E-state index contributed by atoms with van der Waals surface area (Å²) in [4.78, 5) is 13.8. The van der Waals surface area contributed by atoms with E-state index >= 15 is 0 Å². The summed E-state index contributed by atoms with van der Waals surface area (Å²) >= 11 is 0. The molecule has 1 saturated heterocycles. The summed E-state index contributed by atoms with van der Waals surface area (Å²) in [6.45, 7) is -0.0406. The maximum Gasteiger partial charge on any atom is 0.393 e. The van der Waals surface area contributed by atoms with Gasteiger partial charge in [-0.2, -0.15) is 13.2 Å². The van der Waals surface area contributed by atoms with Crippen molar-refractivity contribution in [3.05, 3.63) is 17.7 Å². The van der Waals surface area contributed by atoms with Gasteiger partial charge in [0.2, 0.25) is 5.75 Å². The third-order valence-electron chi connectivity index (χ3n) is 4.08. The van der Waals surface area contributed by atoms with Crippen molar-refractivity contribution in [3.8, 4) is 17.2 Å². The number of carbonyl (C=O) groups excluding carboxylic acids is 1. The Labute approximate surface area is 138 Å². The number of carbonyl (C=O) groups is 1. The highest BCUT2D eigenvalue weighted by Gasteiger charge is 2.42. The lowest BCUT2D eigenvalue weighted by Gasteiger charge is -2.34. The Morgan fingerprint density at radius 1 is 1.12 bits per heavy atom. The molecule has 0 aliphatic carbocycles. The van der Waals surface area contributed by atoms with E-state index in [0.717, 1.165) is 0 Å². The van der Waals surface area contributed by atoms with Gasteiger partial charge in [-0.1, -0.05) is 0 Å². The first kappa shape index (κ1) is 18.2. The van der Waals surface area contributed by atoms with Crippen LogP contribution in [0.1, 0.15) is 23.2 Å². The molecule has 0 bridgehead atoms. The Balaban J connectivity index is 2.29. The van der Waals surface area contributed by atoms with Gasteiger partial charge in [0, 0.05) is 18.7 Å². The monoisotopic (exact) mass is 347 g/mol. The fourth-order valence-corrected chi connectivity index (χ4v) is 2.82. The maximum atomic E-state index is 12.9. The fourth-order valence-electron chi connectivity index (χ4n) is 2.82. The Morgan fingerprint density at radius 3 is 2.17 bits per heavy atom. The molecule has 0 N–H and O–H groups in total. The van der Waals surface area contributed by atoms with Gasteiger partial charge in [-0.05, 0) is 25.0 Å². The van der Waals surface area contributed by atoms with Gasteiger partial charge in [0.15, 0.2) is 11.5 Å². The highest BCUT2D eigenvalue weighted by molar-refractivity contribution is 5.95. The van der Waals surface area contributed by atoms with Crippen molar-refractivity contribution in [1.82, 2.24) is 4.90 Å². The van der Waals surface area contributed by atoms with E-state index in [0.29, 0.717) is 18.7 Å². The van der Waals surface area contributed by atoms with Gasteiger partial charge in [0.05, 0.1) is 27.2 Å². The van der Waals surface area contributed by atoms with Crippen molar-refractivity contribution >= 4 is 5.91 Å². The van der Waals surface area contributed by atoms with Crippen LogP contribution in [0.4, 0.5) is 13.2 Å². The SMILES string of the molecule is COc1cc(C(=O)N2CCC[C@H](C(F)(F)F)C2)cc(OC)c1OC. The van der Waals surface area contributed by atoms with E-state index in [1.807, 2.05) is 0 Å². The van der Waals surface area contributed by atoms with Crippen LogP contribution in [0.5, 0.6) is 17.2 Å². The minimum Gasteiger partial charge on any atom is -0.493 e. The van der Waals surface area contributed by atoms with Crippen LogP contribution in [-0.4, -0.2) is 51.4 Å². The summed E-state index contributed by atoms with van der Waals surface area (Å²) < 4.78 is 54.3. The number of hydrogen-bond acceptors (Lipinski definition) is 4. The molecule has 1 fully saturated rings. The third-order valence-corrected chi connectivity index (χ3v) is 4.08. The van der Waals surface area contributed by atoms with Gasteiger partial charge in [-0.15, -0.1) is 0 Å². The standard InChI is InChI=1S/C16H20F3NO4/c1-22-12-7-10(8-13(23-2)14(12)24-3)15(21)20-6-4-5-11(9-20)16(17,18)19/h7-8,11H,4-6,9H2,1-3H3/t11-/m0/s1. The maximum absolute atomic E-state index is 12.9. The second-order valence-electron chi connectivity index (χ2n) is 5.55. The molecule has 2 rings (SSSR count). The molecule has 0 radical (unpaired) electrons. The molecule has 1 aromatic carbocycles. The summed E-state index contributed by atoms with van der Waals surface area (Å²) in [6, 6.07) is 2.89. The molecular weight excluding hydrogens is 327 g/mol. The molecule has 1 amide bonds. The molecule has 5 nitrogen and oxygen atoms in total. The molecule has 0 unspecified atom stereocenters. The van der Waals surface area contributed by atoms with Crippen LogP contribution in [0.15, 0.2) is 12.1 Å². The normalized spacial score (nSPS) is 18.2. The molecule has 0 aromatic heterocycles. The van der Waals surface area contributed by atoms with Gasteiger partial charge < -0.3 is 19.1 Å². The summed E-state index contributed by atoms with van der Waals surface area (Å²) in [6.07, 6.45) is -3.93. The van der Waals surface area contributed by atoms with Crippen molar-refractivity contribution < 1.29 is 32.2 Å². The molecule has 1 heterocycles. The number of alkyl halides is 3. The summed E-state index contributed by atoms with van der Waals surface area (Å²) in [5, 5.41) is 0. The largest absolute Gasteiger partial charge is 0.493 e. The minimum atomic E-state index is -4.30. The Hall–Kier alpha value is -2.12. The fraction of sp³-hybridized carbons (Fsp3) is 0.562. The summed E-state index contributed by atoms with van der Waals surface area (Å²) in [7, 11) is 4.25. The van der Waals surface area contributed by atoms with Crippen LogP contribution >= 0.6 is 0 Å². The van der Waals surface area contributed by atoms with Crippen LogP contribution in [0, 0.1) is 5.92 Å². The van der Waals surface area contributed by atoms with E-state index in [2.05, 4.69) is 0 Å². The van der Waals surface area contributed by atoms with E-state index in [1.165, 1.54) is 38.4 Å². The molecule has 1 atom stereocenters. The second kappa shape index (κ2) is 7.19. The number of piperidine rings is 1. The average molecular weight is 347 g/mol. The van der Waals surface area contributed by atoms with E-state index in [-0.39, 0.29) is 30.0 Å². The van der Waals surface area contributed by atoms with E-state index in [9.17, 15) is 18.0 Å². The number of nitrogens with zero attached hydrogens (tertiary/aromatic N) is 1. The molecule has 8 heteroatoms. The molecule has 24 heavy (non-hydrogen) atoms. The van der Waals surface area contributed by atoms with Gasteiger partial charge >= 0.3 is 6.18 Å². The predicted molar refractivity (Wildman–Crippen MR) is 80.8 cm³/mol. The molecule has 0 spiro atoms. The van der Waals surface area contributed by atoms with Gasteiger partial charge in [0.25, 0.3) is 5.91 Å². The zero-order chi connectivity index (χ0) is 17.9. The number of halogens is 3. The first-order chi connectivity index (χ1) is 11.3. The highest BCUT2D eigenvalue weighted by Crippen LogP contribution is 2.39. The number of hydrogen-bond donors (Lipinski definition) is 0. The number of amides is 1. The van der Waals surface area contributed by atoms with Crippen molar-refractivity contribution in [3.63, 3.8) is 0 Å². The molecule has 0 saturated carbocycles. The zero-order valence-corrected chi connectivity index (χ0v) is 13.8. The van der Waals surface area contributed by atoms with E-state index < -0.39 is 18.0 Å². The third kappa shape index (κ3) is 3.68. The Kier molecular flexibility index (Phi) is 5.46. The number of benzene rings is 1. The molecular formula is C16H20F3NO4. The number of methoxy groups -OCH3 is 3. The lowest BCUT2D eigenvalue weighted by Crippen LogP contribution is -2.44. The lowest BCUT2D eigenvalue weighted by molar-refractivity contribution is -0.184. The summed E-state index contributed by atoms with van der Waals surface area (Å²) in [5.74, 6) is -1.09.